The molecule has 2 aromatic heterocycles. The Hall–Kier alpha value is -3.77. The van der Waals surface area contributed by atoms with Crippen LogP contribution in [0.15, 0.2) is 76.0 Å². The molecule has 0 aliphatic carbocycles. The summed E-state index contributed by atoms with van der Waals surface area (Å²) in [7, 11) is 0. The van der Waals surface area contributed by atoms with Gasteiger partial charge in [-0.1, -0.05) is 36.4 Å². The van der Waals surface area contributed by atoms with Crippen molar-refractivity contribution in [3.63, 3.8) is 0 Å². The van der Waals surface area contributed by atoms with E-state index in [2.05, 4.69) is 0 Å². The lowest BCUT2D eigenvalue weighted by molar-refractivity contribution is 0.0698. The quantitative estimate of drug-likeness (QED) is 0.264. The minimum atomic E-state index is -1.04. The van der Waals surface area contributed by atoms with Crippen LogP contribution in [0.4, 0.5) is 0 Å². The van der Waals surface area contributed by atoms with Crippen LogP contribution in [0, 0.1) is 13.8 Å². The number of hydrogen-bond donors (Lipinski definition) is 1. The summed E-state index contributed by atoms with van der Waals surface area (Å²) in [6.07, 6.45) is 2.03. The summed E-state index contributed by atoms with van der Waals surface area (Å²) in [6, 6.07) is 21.2. The molecule has 170 valence electrons. The van der Waals surface area contributed by atoms with E-state index in [9.17, 15) is 9.90 Å². The lowest BCUT2D eigenvalue weighted by Crippen LogP contribution is -2.04. The first kappa shape index (κ1) is 22.0. The fraction of sp³-hybridized carbons (Fsp3) is 0.143. The maximum atomic E-state index is 12.3. The van der Waals surface area contributed by atoms with Gasteiger partial charge in [-0.05, 0) is 61.6 Å². The number of furan rings is 1. The number of ether oxygens (including phenoxy) is 1. The predicted molar refractivity (Wildman–Crippen MR) is 136 cm³/mol. The highest BCUT2D eigenvalue weighted by atomic mass is 32.2. The smallest absolute Gasteiger partial charge is 0.336 e. The monoisotopic (exact) mass is 469 g/mol. The fourth-order valence-electron chi connectivity index (χ4n) is 4.15. The van der Waals surface area contributed by atoms with Gasteiger partial charge in [0.05, 0.1) is 16.5 Å². The first-order valence-electron chi connectivity index (χ1n) is 10.9. The van der Waals surface area contributed by atoms with Crippen molar-refractivity contribution in [2.24, 2.45) is 0 Å². The largest absolute Gasteiger partial charge is 0.488 e. The number of nitrogens with zero attached hydrogens (tertiary/aromatic N) is 1. The molecule has 0 unspecified atom stereocenters. The first-order chi connectivity index (χ1) is 16.5. The van der Waals surface area contributed by atoms with Crippen molar-refractivity contribution >= 4 is 39.6 Å². The summed E-state index contributed by atoms with van der Waals surface area (Å²) in [6.45, 7) is 4.21. The molecule has 5 nitrogen and oxygen atoms in total. The summed E-state index contributed by atoms with van der Waals surface area (Å²) in [5.41, 5.74) is 4.76. The van der Waals surface area contributed by atoms with E-state index in [1.54, 1.807) is 17.8 Å². The molecule has 0 radical (unpaired) electrons. The van der Waals surface area contributed by atoms with Gasteiger partial charge in [-0.15, -0.1) is 11.8 Å². The summed E-state index contributed by atoms with van der Waals surface area (Å²) in [4.78, 5) is 18.4. The van der Waals surface area contributed by atoms with E-state index in [1.807, 2.05) is 80.8 Å². The van der Waals surface area contributed by atoms with E-state index in [4.69, 9.17) is 14.1 Å². The van der Waals surface area contributed by atoms with Gasteiger partial charge in [0, 0.05) is 15.8 Å². The Morgan fingerprint density at radius 2 is 1.82 bits per heavy atom. The molecule has 0 aliphatic rings. The topological polar surface area (TPSA) is 72.6 Å². The van der Waals surface area contributed by atoms with E-state index in [-0.39, 0.29) is 5.56 Å². The zero-order chi connectivity index (χ0) is 23.8. The van der Waals surface area contributed by atoms with E-state index >= 15 is 0 Å². The van der Waals surface area contributed by atoms with Crippen LogP contribution in [-0.4, -0.2) is 22.3 Å². The zero-order valence-electron chi connectivity index (χ0n) is 19.1. The Morgan fingerprint density at radius 1 is 1.06 bits per heavy atom. The Bertz CT molecular complexity index is 1540. The van der Waals surface area contributed by atoms with Crippen LogP contribution in [0.1, 0.15) is 27.0 Å². The molecule has 0 amide bonds. The van der Waals surface area contributed by atoms with Gasteiger partial charge in [-0.3, -0.25) is 0 Å². The van der Waals surface area contributed by atoms with Crippen LogP contribution in [0.25, 0.3) is 33.3 Å². The summed E-state index contributed by atoms with van der Waals surface area (Å²) < 4.78 is 12.2. The normalized spacial score (nSPS) is 11.3. The van der Waals surface area contributed by atoms with Crippen molar-refractivity contribution in [1.82, 2.24) is 4.98 Å². The van der Waals surface area contributed by atoms with Crippen LogP contribution < -0.4 is 4.74 Å². The lowest BCUT2D eigenvalue weighted by Gasteiger charge is -2.14. The number of thioether (sulfide) groups is 1. The van der Waals surface area contributed by atoms with Gasteiger partial charge in [0.15, 0.2) is 5.76 Å². The van der Waals surface area contributed by atoms with Crippen molar-refractivity contribution in [2.75, 3.05) is 6.26 Å². The Morgan fingerprint density at radius 3 is 2.53 bits per heavy atom. The second-order valence-electron chi connectivity index (χ2n) is 8.15. The highest BCUT2D eigenvalue weighted by Gasteiger charge is 2.21. The van der Waals surface area contributed by atoms with Gasteiger partial charge < -0.3 is 14.3 Å². The minimum absolute atomic E-state index is 0.135. The Labute approximate surface area is 201 Å². The van der Waals surface area contributed by atoms with Crippen LogP contribution >= 0.6 is 11.8 Å². The third-order valence-electron chi connectivity index (χ3n) is 5.98. The number of carbonyl (C=O) groups is 1. The molecule has 2 heterocycles. The van der Waals surface area contributed by atoms with Crippen molar-refractivity contribution in [3.05, 3.63) is 89.0 Å². The van der Waals surface area contributed by atoms with Crippen molar-refractivity contribution in [2.45, 2.75) is 25.3 Å². The average Bonchev–Trinajstić information content (AvgIpc) is 3.20. The highest BCUT2D eigenvalue weighted by Crippen LogP contribution is 2.37. The van der Waals surface area contributed by atoms with E-state index < -0.39 is 5.97 Å². The molecule has 5 aromatic rings. The number of pyridine rings is 1. The number of carboxylic acid groups (broad SMARTS) is 1. The number of aromatic nitrogens is 1. The molecule has 0 spiro atoms. The minimum Gasteiger partial charge on any atom is -0.488 e. The molecule has 0 saturated carbocycles. The van der Waals surface area contributed by atoms with Crippen LogP contribution in [-0.2, 0) is 6.61 Å². The molecule has 0 atom stereocenters. The average molecular weight is 470 g/mol. The van der Waals surface area contributed by atoms with Gasteiger partial charge in [0.25, 0.3) is 0 Å². The van der Waals surface area contributed by atoms with Crippen molar-refractivity contribution in [3.8, 4) is 17.2 Å². The summed E-state index contributed by atoms with van der Waals surface area (Å²) in [5, 5.41) is 11.6. The highest BCUT2D eigenvalue weighted by molar-refractivity contribution is 7.98. The molecule has 5 rings (SSSR count). The number of hydrogen-bond acceptors (Lipinski definition) is 5. The van der Waals surface area contributed by atoms with Gasteiger partial charge in [0.2, 0.25) is 0 Å². The zero-order valence-corrected chi connectivity index (χ0v) is 19.9. The third kappa shape index (κ3) is 3.90. The second-order valence-corrected chi connectivity index (χ2v) is 9.03. The number of benzene rings is 3. The number of rotatable bonds is 6. The molecule has 0 bridgehead atoms. The van der Waals surface area contributed by atoms with Crippen LogP contribution in [0.3, 0.4) is 0 Å². The van der Waals surface area contributed by atoms with Crippen LogP contribution in [0.5, 0.6) is 5.75 Å². The molecule has 0 aliphatic heterocycles. The van der Waals surface area contributed by atoms with Gasteiger partial charge in [0.1, 0.15) is 23.6 Å². The third-order valence-corrected chi connectivity index (χ3v) is 6.73. The SMILES string of the molecule is CSc1ccc(COc2ccc(C)c3nc(-c4oc5ccccc5c4C)cc(C(=O)O)c23)cc1. The lowest BCUT2D eigenvalue weighted by atomic mass is 10.0. The standard InChI is InChI=1S/C28H23NO4S/c1-16-8-13-24(32-15-18-9-11-19(34-3)12-10-18)25-21(28(30)31)14-22(29-26(16)25)27-17(2)20-6-4-5-7-23(20)33-27/h4-14H,15H2,1-3H3,(H,30,31). The molecule has 1 N–H and O–H groups in total. The molecular formula is C28H23NO4S. The van der Waals surface area contributed by atoms with E-state index in [1.165, 1.54) is 4.90 Å². The number of para-hydroxylation sites is 1. The Kier molecular flexibility index (Phi) is 5.75. The molecule has 0 saturated heterocycles. The number of aromatic carboxylic acids is 1. The van der Waals surface area contributed by atoms with E-state index in [0.29, 0.717) is 34.7 Å². The van der Waals surface area contributed by atoms with Gasteiger partial charge in [-0.25, -0.2) is 9.78 Å². The van der Waals surface area contributed by atoms with Gasteiger partial charge >= 0.3 is 5.97 Å². The predicted octanol–water partition coefficient (Wildman–Crippen LogP) is 7.26. The number of fused-ring (bicyclic) bond motifs is 2. The summed E-state index contributed by atoms with van der Waals surface area (Å²) in [5.74, 6) is 0.0275. The van der Waals surface area contributed by atoms with Crippen molar-refractivity contribution in [1.29, 1.82) is 0 Å². The Balaban J connectivity index is 1.62. The molecule has 34 heavy (non-hydrogen) atoms. The first-order valence-corrected chi connectivity index (χ1v) is 12.1. The molecule has 0 fully saturated rings. The maximum Gasteiger partial charge on any atom is 0.336 e. The number of aryl methyl sites for hydroxylation is 2. The molecule has 3 aromatic carbocycles. The van der Waals surface area contributed by atoms with E-state index in [0.717, 1.165) is 27.7 Å². The fourth-order valence-corrected chi connectivity index (χ4v) is 4.56. The van der Waals surface area contributed by atoms with Crippen LogP contribution in [0.2, 0.25) is 0 Å². The summed E-state index contributed by atoms with van der Waals surface area (Å²) >= 11 is 1.68. The molecule has 6 heteroatoms. The number of carboxylic acids is 1. The van der Waals surface area contributed by atoms with Crippen molar-refractivity contribution < 1.29 is 19.1 Å². The molecular weight excluding hydrogens is 446 g/mol. The maximum absolute atomic E-state index is 12.3. The second kappa shape index (κ2) is 8.88. The van der Waals surface area contributed by atoms with Gasteiger partial charge in [-0.2, -0.15) is 0 Å².